The molecule has 1 aromatic rings. The molecule has 0 amide bonds. The number of carboxylic acids is 1. The SMILES string of the molecule is Fc1cnc(N2CCO[C@]3(CCC[C@H]3COCC3CC3)C2)nc1.O=C(O)C(F)(F)F. The van der Waals surface area contributed by atoms with Crippen molar-refractivity contribution in [3.63, 3.8) is 0 Å². The normalized spacial score (nSPS) is 26.4. The summed E-state index contributed by atoms with van der Waals surface area (Å²) in [6.45, 7) is 3.88. The minimum atomic E-state index is -5.08. The Hall–Kier alpha value is -2.01. The predicted molar refractivity (Wildman–Crippen MR) is 97.5 cm³/mol. The Morgan fingerprint density at radius 1 is 1.27 bits per heavy atom. The second-order valence-corrected chi connectivity index (χ2v) is 7.91. The van der Waals surface area contributed by atoms with Crippen molar-refractivity contribution in [2.24, 2.45) is 11.8 Å². The summed E-state index contributed by atoms with van der Waals surface area (Å²) >= 11 is 0. The molecule has 2 heterocycles. The molecule has 3 aliphatic rings. The van der Waals surface area contributed by atoms with Gasteiger partial charge in [-0.15, -0.1) is 0 Å². The summed E-state index contributed by atoms with van der Waals surface area (Å²) in [6.07, 6.45) is 3.41. The summed E-state index contributed by atoms with van der Waals surface area (Å²) in [6, 6.07) is 0. The van der Waals surface area contributed by atoms with Crippen LogP contribution < -0.4 is 4.90 Å². The third-order valence-electron chi connectivity index (χ3n) is 5.61. The van der Waals surface area contributed by atoms with Gasteiger partial charge in [0.15, 0.2) is 5.82 Å². The van der Waals surface area contributed by atoms with Crippen molar-refractivity contribution in [2.45, 2.75) is 43.9 Å². The summed E-state index contributed by atoms with van der Waals surface area (Å²) < 4.78 is 57.0. The molecule has 1 saturated heterocycles. The first-order valence-corrected chi connectivity index (χ1v) is 9.94. The van der Waals surface area contributed by atoms with E-state index in [4.69, 9.17) is 19.4 Å². The molecule has 2 aliphatic carbocycles. The predicted octanol–water partition coefficient (Wildman–Crippen LogP) is 3.05. The number of hydrogen-bond donors (Lipinski definition) is 1. The molecule has 0 bridgehead atoms. The van der Waals surface area contributed by atoms with Gasteiger partial charge in [0.05, 0.1) is 37.8 Å². The summed E-state index contributed by atoms with van der Waals surface area (Å²) in [5, 5.41) is 7.12. The van der Waals surface area contributed by atoms with Crippen LogP contribution in [0.2, 0.25) is 0 Å². The first kappa shape index (κ1) is 22.7. The topological polar surface area (TPSA) is 84.8 Å². The van der Waals surface area contributed by atoms with Gasteiger partial charge >= 0.3 is 12.1 Å². The van der Waals surface area contributed by atoms with E-state index in [1.54, 1.807) is 0 Å². The molecule has 1 aromatic heterocycles. The number of rotatable bonds is 5. The van der Waals surface area contributed by atoms with E-state index in [1.165, 1.54) is 31.7 Å². The highest BCUT2D eigenvalue weighted by atomic mass is 19.4. The molecule has 1 spiro atoms. The molecule has 7 nitrogen and oxygen atoms in total. The van der Waals surface area contributed by atoms with Crippen molar-refractivity contribution in [2.75, 3.05) is 37.8 Å². The lowest BCUT2D eigenvalue weighted by molar-refractivity contribution is -0.192. The van der Waals surface area contributed by atoms with Crippen molar-refractivity contribution >= 4 is 11.9 Å². The maximum atomic E-state index is 13.0. The number of hydrogen-bond acceptors (Lipinski definition) is 6. The highest BCUT2D eigenvalue weighted by Crippen LogP contribution is 2.42. The number of anilines is 1. The number of alkyl halides is 3. The van der Waals surface area contributed by atoms with Crippen LogP contribution in [0.1, 0.15) is 32.1 Å². The number of carboxylic acid groups (broad SMARTS) is 1. The van der Waals surface area contributed by atoms with Crippen molar-refractivity contribution in [1.82, 2.24) is 9.97 Å². The molecule has 0 aromatic carbocycles. The first-order valence-electron chi connectivity index (χ1n) is 9.94. The van der Waals surface area contributed by atoms with Gasteiger partial charge in [-0.3, -0.25) is 0 Å². The highest BCUT2D eigenvalue weighted by molar-refractivity contribution is 5.73. The quantitative estimate of drug-likeness (QED) is 0.712. The molecule has 2 atom stereocenters. The lowest BCUT2D eigenvalue weighted by atomic mass is 9.89. The molecule has 2 saturated carbocycles. The highest BCUT2D eigenvalue weighted by Gasteiger charge is 2.47. The van der Waals surface area contributed by atoms with Gasteiger partial charge < -0.3 is 19.5 Å². The van der Waals surface area contributed by atoms with Gasteiger partial charge in [0, 0.05) is 19.1 Å². The maximum absolute atomic E-state index is 13.0. The monoisotopic (exact) mass is 435 g/mol. The number of aliphatic carboxylic acids is 1. The van der Waals surface area contributed by atoms with Crippen molar-refractivity contribution in [3.05, 3.63) is 18.2 Å². The number of morpholine rings is 1. The lowest BCUT2D eigenvalue weighted by Gasteiger charge is -2.44. The van der Waals surface area contributed by atoms with E-state index in [0.717, 1.165) is 45.1 Å². The van der Waals surface area contributed by atoms with Crippen LogP contribution in [0.15, 0.2) is 12.4 Å². The second kappa shape index (κ2) is 9.42. The molecule has 3 fully saturated rings. The fourth-order valence-electron chi connectivity index (χ4n) is 3.86. The largest absolute Gasteiger partial charge is 0.490 e. The molecule has 1 N–H and O–H groups in total. The molecular weight excluding hydrogens is 410 g/mol. The van der Waals surface area contributed by atoms with Crippen LogP contribution in [0.5, 0.6) is 0 Å². The van der Waals surface area contributed by atoms with Gasteiger partial charge in [0.1, 0.15) is 0 Å². The van der Waals surface area contributed by atoms with Crippen molar-refractivity contribution < 1.29 is 36.9 Å². The van der Waals surface area contributed by atoms with Gasteiger partial charge in [0.25, 0.3) is 0 Å². The third-order valence-corrected chi connectivity index (χ3v) is 5.61. The van der Waals surface area contributed by atoms with Gasteiger partial charge in [-0.1, -0.05) is 6.42 Å². The molecule has 4 rings (SSSR count). The van der Waals surface area contributed by atoms with Crippen LogP contribution in [-0.2, 0) is 14.3 Å². The summed E-state index contributed by atoms with van der Waals surface area (Å²) in [5.41, 5.74) is -0.153. The molecule has 30 heavy (non-hydrogen) atoms. The van der Waals surface area contributed by atoms with Gasteiger partial charge in [-0.05, 0) is 31.6 Å². The fourth-order valence-corrected chi connectivity index (χ4v) is 3.86. The fraction of sp³-hybridized carbons (Fsp3) is 0.737. The van der Waals surface area contributed by atoms with E-state index < -0.39 is 18.0 Å². The lowest BCUT2D eigenvalue weighted by Crippen LogP contribution is -2.55. The van der Waals surface area contributed by atoms with E-state index in [-0.39, 0.29) is 5.60 Å². The van der Waals surface area contributed by atoms with Gasteiger partial charge in [0.2, 0.25) is 5.95 Å². The van der Waals surface area contributed by atoms with Gasteiger partial charge in [-0.2, -0.15) is 13.2 Å². The standard InChI is InChI=1S/C17H24FN3O2.C2HF3O2/c18-15-8-19-16(20-9-15)21-6-7-23-17(12-21)5-1-2-14(17)11-22-10-13-3-4-13;3-2(4,5)1(6)7/h8-9,13-14H,1-7,10-12H2;(H,6,7)/t14-,17+;/m0./s1. The van der Waals surface area contributed by atoms with Crippen LogP contribution in [0.4, 0.5) is 23.5 Å². The van der Waals surface area contributed by atoms with E-state index in [0.29, 0.717) is 18.5 Å². The number of halogens is 4. The first-order chi connectivity index (χ1) is 14.2. The van der Waals surface area contributed by atoms with Crippen molar-refractivity contribution in [3.8, 4) is 0 Å². The van der Waals surface area contributed by atoms with E-state index in [2.05, 4.69) is 14.9 Å². The van der Waals surface area contributed by atoms with Crippen LogP contribution >= 0.6 is 0 Å². The number of ether oxygens (including phenoxy) is 2. The van der Waals surface area contributed by atoms with E-state index in [9.17, 15) is 17.6 Å². The zero-order valence-electron chi connectivity index (χ0n) is 16.4. The average Bonchev–Trinajstić information content (AvgIpc) is 3.44. The zero-order valence-corrected chi connectivity index (χ0v) is 16.4. The number of aromatic nitrogens is 2. The maximum Gasteiger partial charge on any atom is 0.490 e. The molecule has 0 unspecified atom stereocenters. The Morgan fingerprint density at radius 2 is 1.93 bits per heavy atom. The molecule has 11 heteroatoms. The van der Waals surface area contributed by atoms with E-state index in [1.807, 2.05) is 0 Å². The Labute approximate surface area is 171 Å². The molecule has 1 aliphatic heterocycles. The van der Waals surface area contributed by atoms with Gasteiger partial charge in [-0.25, -0.2) is 19.2 Å². The number of carbonyl (C=O) groups is 1. The summed E-state index contributed by atoms with van der Waals surface area (Å²) in [5.74, 6) is -1.33. The average molecular weight is 435 g/mol. The molecular formula is C19H25F4N3O4. The zero-order chi connectivity index (χ0) is 21.8. The third kappa shape index (κ3) is 6.00. The van der Waals surface area contributed by atoms with Crippen LogP contribution in [-0.4, -0.2) is 65.7 Å². The minimum absolute atomic E-state index is 0.153. The Kier molecular flexibility index (Phi) is 7.12. The Bertz CT molecular complexity index is 715. The van der Waals surface area contributed by atoms with Crippen LogP contribution in [0, 0.1) is 17.7 Å². The molecule has 0 radical (unpaired) electrons. The summed E-state index contributed by atoms with van der Waals surface area (Å²) in [4.78, 5) is 19.3. The van der Waals surface area contributed by atoms with E-state index >= 15 is 0 Å². The Morgan fingerprint density at radius 3 is 2.53 bits per heavy atom. The van der Waals surface area contributed by atoms with Crippen LogP contribution in [0.3, 0.4) is 0 Å². The second-order valence-electron chi connectivity index (χ2n) is 7.91. The van der Waals surface area contributed by atoms with Crippen LogP contribution in [0.25, 0.3) is 0 Å². The Balaban J connectivity index is 0.000000318. The summed E-state index contributed by atoms with van der Waals surface area (Å²) in [7, 11) is 0. The minimum Gasteiger partial charge on any atom is -0.475 e. The molecule has 168 valence electrons. The number of nitrogens with zero attached hydrogens (tertiary/aromatic N) is 3. The van der Waals surface area contributed by atoms with Crippen molar-refractivity contribution in [1.29, 1.82) is 0 Å². The smallest absolute Gasteiger partial charge is 0.475 e.